The van der Waals surface area contributed by atoms with Crippen molar-refractivity contribution in [3.05, 3.63) is 60.2 Å². The van der Waals surface area contributed by atoms with Crippen LogP contribution in [0.25, 0.3) is 0 Å². The normalized spacial score (nSPS) is 11.9. The molecule has 0 bridgehead atoms. The first kappa shape index (κ1) is 14.3. The molecule has 0 saturated carbocycles. The molecule has 2 rings (SSSR count). The molecule has 1 unspecified atom stereocenters. The Morgan fingerprint density at radius 1 is 1.05 bits per heavy atom. The fraction of sp³-hybridized carbons (Fsp3) is 0.200. The smallest absolute Gasteiger partial charge is 0.181 e. The SMILES string of the molecule is OC(CNc1cccc(F)c1F)COc1ccccc1. The third-order valence-electron chi connectivity index (χ3n) is 2.67. The molecule has 0 amide bonds. The van der Waals surface area contributed by atoms with Gasteiger partial charge in [0.05, 0.1) is 5.69 Å². The first-order valence-electron chi connectivity index (χ1n) is 6.20. The molecule has 0 heterocycles. The Bertz CT molecular complexity index is 549. The number of hydrogen-bond acceptors (Lipinski definition) is 3. The van der Waals surface area contributed by atoms with Gasteiger partial charge in [0.25, 0.3) is 0 Å². The molecule has 1 atom stereocenters. The molecule has 5 heteroatoms. The zero-order chi connectivity index (χ0) is 14.4. The average Bonchev–Trinajstić information content (AvgIpc) is 2.48. The zero-order valence-electron chi connectivity index (χ0n) is 10.7. The van der Waals surface area contributed by atoms with Crippen LogP contribution in [0.1, 0.15) is 0 Å². The van der Waals surface area contributed by atoms with Crippen molar-refractivity contribution in [1.82, 2.24) is 0 Å². The summed E-state index contributed by atoms with van der Waals surface area (Å²) in [5.41, 5.74) is 0.0174. The van der Waals surface area contributed by atoms with E-state index in [1.807, 2.05) is 18.2 Å². The number of aliphatic hydroxyl groups excluding tert-OH is 1. The highest BCUT2D eigenvalue weighted by atomic mass is 19.2. The summed E-state index contributed by atoms with van der Waals surface area (Å²) in [7, 11) is 0. The van der Waals surface area contributed by atoms with Gasteiger partial charge in [-0.25, -0.2) is 8.78 Å². The lowest BCUT2D eigenvalue weighted by Gasteiger charge is -2.14. The third kappa shape index (κ3) is 3.93. The molecule has 2 aromatic rings. The van der Waals surface area contributed by atoms with Crippen LogP contribution in [0.2, 0.25) is 0 Å². The minimum Gasteiger partial charge on any atom is -0.491 e. The Labute approximate surface area is 115 Å². The molecular weight excluding hydrogens is 264 g/mol. The van der Waals surface area contributed by atoms with E-state index in [2.05, 4.69) is 5.32 Å². The first-order chi connectivity index (χ1) is 9.66. The van der Waals surface area contributed by atoms with Gasteiger partial charge in [0.1, 0.15) is 18.5 Å². The van der Waals surface area contributed by atoms with Crippen LogP contribution in [0.3, 0.4) is 0 Å². The molecule has 2 aromatic carbocycles. The molecule has 0 saturated heterocycles. The maximum atomic E-state index is 13.4. The largest absolute Gasteiger partial charge is 0.491 e. The highest BCUT2D eigenvalue weighted by Gasteiger charge is 2.10. The maximum Gasteiger partial charge on any atom is 0.181 e. The van der Waals surface area contributed by atoms with Crippen molar-refractivity contribution in [3.8, 4) is 5.75 Å². The highest BCUT2D eigenvalue weighted by molar-refractivity contribution is 5.44. The summed E-state index contributed by atoms with van der Waals surface area (Å²) >= 11 is 0. The fourth-order valence-electron chi connectivity index (χ4n) is 1.64. The van der Waals surface area contributed by atoms with Crippen LogP contribution in [-0.2, 0) is 0 Å². The average molecular weight is 279 g/mol. The lowest BCUT2D eigenvalue weighted by molar-refractivity contribution is 0.117. The Hall–Kier alpha value is -2.14. The number of anilines is 1. The topological polar surface area (TPSA) is 41.5 Å². The summed E-state index contributed by atoms with van der Waals surface area (Å²) in [5.74, 6) is -1.24. The Balaban J connectivity index is 1.80. The van der Waals surface area contributed by atoms with Crippen molar-refractivity contribution in [2.24, 2.45) is 0 Å². The zero-order valence-corrected chi connectivity index (χ0v) is 10.7. The second-order valence-electron chi connectivity index (χ2n) is 4.26. The van der Waals surface area contributed by atoms with E-state index < -0.39 is 17.7 Å². The van der Waals surface area contributed by atoms with Crippen molar-refractivity contribution in [2.45, 2.75) is 6.10 Å². The van der Waals surface area contributed by atoms with E-state index >= 15 is 0 Å². The van der Waals surface area contributed by atoms with Crippen molar-refractivity contribution in [3.63, 3.8) is 0 Å². The van der Waals surface area contributed by atoms with Crippen LogP contribution < -0.4 is 10.1 Å². The van der Waals surface area contributed by atoms with Crippen LogP contribution in [0.15, 0.2) is 48.5 Å². The van der Waals surface area contributed by atoms with Gasteiger partial charge in [0.15, 0.2) is 11.6 Å². The molecule has 0 fully saturated rings. The molecule has 2 N–H and O–H groups in total. The molecule has 3 nitrogen and oxygen atoms in total. The predicted octanol–water partition coefficient (Wildman–Crippen LogP) is 2.82. The molecular formula is C15H15F2NO2. The van der Waals surface area contributed by atoms with E-state index in [-0.39, 0.29) is 18.8 Å². The van der Waals surface area contributed by atoms with Crippen LogP contribution in [0.4, 0.5) is 14.5 Å². The molecule has 0 aliphatic carbocycles. The van der Waals surface area contributed by atoms with Crippen molar-refractivity contribution in [2.75, 3.05) is 18.5 Å². The van der Waals surface area contributed by atoms with Crippen molar-refractivity contribution < 1.29 is 18.6 Å². The Kier molecular flexibility index (Phi) is 4.90. The van der Waals surface area contributed by atoms with Gasteiger partial charge in [-0.3, -0.25) is 0 Å². The molecule has 20 heavy (non-hydrogen) atoms. The minimum absolute atomic E-state index is 0.0174. The highest BCUT2D eigenvalue weighted by Crippen LogP contribution is 2.16. The van der Waals surface area contributed by atoms with Crippen LogP contribution >= 0.6 is 0 Å². The van der Waals surface area contributed by atoms with E-state index in [0.717, 1.165) is 6.07 Å². The summed E-state index contributed by atoms with van der Waals surface area (Å²) in [4.78, 5) is 0. The molecule has 0 spiro atoms. The van der Waals surface area contributed by atoms with E-state index in [4.69, 9.17) is 4.74 Å². The van der Waals surface area contributed by atoms with Gasteiger partial charge in [-0.2, -0.15) is 0 Å². The molecule has 0 aliphatic heterocycles. The predicted molar refractivity (Wildman–Crippen MR) is 72.8 cm³/mol. The number of aliphatic hydroxyl groups is 1. The third-order valence-corrected chi connectivity index (χ3v) is 2.67. The van der Waals surface area contributed by atoms with Gasteiger partial charge in [0, 0.05) is 6.54 Å². The number of nitrogens with one attached hydrogen (secondary N) is 1. The van der Waals surface area contributed by atoms with Crippen molar-refractivity contribution >= 4 is 5.69 Å². The van der Waals surface area contributed by atoms with Gasteiger partial charge in [-0.05, 0) is 24.3 Å². The monoisotopic (exact) mass is 279 g/mol. The minimum atomic E-state index is -0.955. The van der Waals surface area contributed by atoms with E-state index in [9.17, 15) is 13.9 Å². The Morgan fingerprint density at radius 2 is 1.80 bits per heavy atom. The molecule has 0 aromatic heterocycles. The maximum absolute atomic E-state index is 13.4. The van der Waals surface area contributed by atoms with Crippen LogP contribution in [0.5, 0.6) is 5.75 Å². The van der Waals surface area contributed by atoms with E-state index in [0.29, 0.717) is 5.75 Å². The molecule has 0 aliphatic rings. The van der Waals surface area contributed by atoms with Gasteiger partial charge in [-0.15, -0.1) is 0 Å². The summed E-state index contributed by atoms with van der Waals surface area (Å²) in [6.45, 7) is 0.126. The lowest BCUT2D eigenvalue weighted by atomic mass is 10.2. The van der Waals surface area contributed by atoms with Gasteiger partial charge in [0.2, 0.25) is 0 Å². The van der Waals surface area contributed by atoms with Crippen LogP contribution in [0, 0.1) is 11.6 Å². The van der Waals surface area contributed by atoms with Gasteiger partial charge in [-0.1, -0.05) is 24.3 Å². The summed E-state index contributed by atoms with van der Waals surface area (Å²) in [6.07, 6.45) is -0.835. The first-order valence-corrected chi connectivity index (χ1v) is 6.20. The molecule has 0 radical (unpaired) electrons. The van der Waals surface area contributed by atoms with Crippen LogP contribution in [-0.4, -0.2) is 24.4 Å². The van der Waals surface area contributed by atoms with Gasteiger partial charge < -0.3 is 15.2 Å². The number of ether oxygens (including phenoxy) is 1. The fourth-order valence-corrected chi connectivity index (χ4v) is 1.64. The summed E-state index contributed by atoms with van der Waals surface area (Å²) < 4.78 is 31.7. The number of hydrogen-bond donors (Lipinski definition) is 2. The van der Waals surface area contributed by atoms with E-state index in [1.165, 1.54) is 12.1 Å². The number of rotatable bonds is 6. The number of benzene rings is 2. The molecule has 106 valence electrons. The quantitative estimate of drug-likeness (QED) is 0.854. The summed E-state index contributed by atoms with van der Waals surface area (Å²) in [6, 6.07) is 12.9. The van der Waals surface area contributed by atoms with E-state index in [1.54, 1.807) is 12.1 Å². The second kappa shape index (κ2) is 6.86. The van der Waals surface area contributed by atoms with Crippen molar-refractivity contribution in [1.29, 1.82) is 0 Å². The van der Waals surface area contributed by atoms with Gasteiger partial charge >= 0.3 is 0 Å². The standard InChI is InChI=1S/C15H15F2NO2/c16-13-7-4-8-14(15(13)17)18-9-11(19)10-20-12-5-2-1-3-6-12/h1-8,11,18-19H,9-10H2. The second-order valence-corrected chi connectivity index (χ2v) is 4.26. The number of halogens is 2. The lowest BCUT2D eigenvalue weighted by Crippen LogP contribution is -2.26. The number of para-hydroxylation sites is 1. The summed E-state index contributed by atoms with van der Waals surface area (Å²) in [5, 5.41) is 12.4. The Morgan fingerprint density at radius 3 is 2.55 bits per heavy atom.